The Hall–Kier alpha value is -1.51. The minimum absolute atomic E-state index is 0.162. The SMILES string of the molecule is Clc1ccc2c(c1)C1OCCC1C(c1ccccc1)N2. The summed E-state index contributed by atoms with van der Waals surface area (Å²) in [6.07, 6.45) is 1.25. The first-order chi connectivity index (χ1) is 9.83. The number of benzene rings is 2. The van der Waals surface area contributed by atoms with Crippen LogP contribution in [0.4, 0.5) is 5.69 Å². The van der Waals surface area contributed by atoms with E-state index in [-0.39, 0.29) is 6.10 Å². The van der Waals surface area contributed by atoms with Crippen LogP contribution in [0.25, 0.3) is 0 Å². The van der Waals surface area contributed by atoms with Gasteiger partial charge in [-0.25, -0.2) is 0 Å². The van der Waals surface area contributed by atoms with Crippen molar-refractivity contribution >= 4 is 17.3 Å². The van der Waals surface area contributed by atoms with Gasteiger partial charge < -0.3 is 10.1 Å². The van der Waals surface area contributed by atoms with Gasteiger partial charge in [0, 0.05) is 28.8 Å². The maximum absolute atomic E-state index is 6.14. The number of anilines is 1. The lowest BCUT2D eigenvalue weighted by Crippen LogP contribution is -2.29. The topological polar surface area (TPSA) is 21.3 Å². The number of fused-ring (bicyclic) bond motifs is 3. The van der Waals surface area contributed by atoms with Crippen molar-refractivity contribution in [2.45, 2.75) is 18.6 Å². The molecule has 0 amide bonds. The molecule has 20 heavy (non-hydrogen) atoms. The molecule has 0 bridgehead atoms. The molecule has 3 atom stereocenters. The van der Waals surface area contributed by atoms with E-state index in [2.05, 4.69) is 41.7 Å². The number of hydrogen-bond acceptors (Lipinski definition) is 2. The first kappa shape index (κ1) is 12.2. The highest BCUT2D eigenvalue weighted by Crippen LogP contribution is 2.50. The Morgan fingerprint density at radius 2 is 1.95 bits per heavy atom. The van der Waals surface area contributed by atoms with Crippen LogP contribution >= 0.6 is 11.6 Å². The van der Waals surface area contributed by atoms with Gasteiger partial charge in [0.15, 0.2) is 0 Å². The van der Waals surface area contributed by atoms with E-state index in [9.17, 15) is 0 Å². The highest BCUT2D eigenvalue weighted by molar-refractivity contribution is 6.30. The van der Waals surface area contributed by atoms with Gasteiger partial charge in [-0.15, -0.1) is 0 Å². The molecule has 0 saturated carbocycles. The van der Waals surface area contributed by atoms with Crippen LogP contribution in [0.3, 0.4) is 0 Å². The first-order valence-corrected chi connectivity index (χ1v) is 7.43. The maximum Gasteiger partial charge on any atom is 0.0897 e. The average molecular weight is 286 g/mol. The molecule has 2 nitrogen and oxygen atoms in total. The molecule has 0 aliphatic carbocycles. The van der Waals surface area contributed by atoms with Gasteiger partial charge in [0.05, 0.1) is 12.1 Å². The standard InChI is InChI=1S/C17H16ClNO/c18-12-6-7-15-14(10-12)17-13(8-9-20-17)16(19-15)11-4-2-1-3-5-11/h1-7,10,13,16-17,19H,8-9H2. The van der Waals surface area contributed by atoms with Crippen LogP contribution in [0.5, 0.6) is 0 Å². The molecule has 2 aromatic carbocycles. The summed E-state index contributed by atoms with van der Waals surface area (Å²) in [6.45, 7) is 0.826. The fraction of sp³-hybridized carbons (Fsp3) is 0.294. The van der Waals surface area contributed by atoms with Crippen molar-refractivity contribution in [1.82, 2.24) is 0 Å². The van der Waals surface area contributed by atoms with E-state index >= 15 is 0 Å². The van der Waals surface area contributed by atoms with E-state index in [0.717, 1.165) is 23.7 Å². The summed E-state index contributed by atoms with van der Waals surface area (Å²) >= 11 is 6.14. The Morgan fingerprint density at radius 3 is 2.80 bits per heavy atom. The van der Waals surface area contributed by atoms with E-state index in [1.165, 1.54) is 11.1 Å². The highest BCUT2D eigenvalue weighted by atomic mass is 35.5. The summed E-state index contributed by atoms with van der Waals surface area (Å²) in [6, 6.07) is 17.0. The van der Waals surface area contributed by atoms with Crippen molar-refractivity contribution in [2.75, 3.05) is 11.9 Å². The number of ether oxygens (including phenoxy) is 1. The normalized spacial score (nSPS) is 27.6. The zero-order chi connectivity index (χ0) is 13.5. The molecule has 4 rings (SSSR count). The lowest BCUT2D eigenvalue weighted by Gasteiger charge is -2.36. The predicted molar refractivity (Wildman–Crippen MR) is 81.1 cm³/mol. The monoisotopic (exact) mass is 285 g/mol. The van der Waals surface area contributed by atoms with Gasteiger partial charge in [0.1, 0.15) is 0 Å². The Bertz CT molecular complexity index is 628. The smallest absolute Gasteiger partial charge is 0.0897 e. The molecule has 1 saturated heterocycles. The zero-order valence-electron chi connectivity index (χ0n) is 11.1. The molecular weight excluding hydrogens is 270 g/mol. The van der Waals surface area contributed by atoms with Crippen molar-refractivity contribution in [3.63, 3.8) is 0 Å². The van der Waals surface area contributed by atoms with Crippen LogP contribution < -0.4 is 5.32 Å². The molecule has 0 spiro atoms. The van der Waals surface area contributed by atoms with Crippen molar-refractivity contribution < 1.29 is 4.74 Å². The van der Waals surface area contributed by atoms with Crippen LogP contribution in [0.15, 0.2) is 48.5 Å². The summed E-state index contributed by atoms with van der Waals surface area (Å²) in [5.74, 6) is 0.475. The Labute approximate surface area is 123 Å². The minimum Gasteiger partial charge on any atom is -0.378 e. The summed E-state index contributed by atoms with van der Waals surface area (Å²) in [4.78, 5) is 0. The lowest BCUT2D eigenvalue weighted by molar-refractivity contribution is 0.0829. The van der Waals surface area contributed by atoms with E-state index in [1.54, 1.807) is 0 Å². The average Bonchev–Trinajstić information content (AvgIpc) is 2.97. The fourth-order valence-electron chi connectivity index (χ4n) is 3.43. The molecule has 3 unspecified atom stereocenters. The molecule has 1 N–H and O–H groups in total. The summed E-state index contributed by atoms with van der Waals surface area (Å²) < 4.78 is 5.99. The summed E-state index contributed by atoms with van der Waals surface area (Å²) in [5.41, 5.74) is 3.67. The molecule has 102 valence electrons. The Kier molecular flexibility index (Phi) is 2.94. The van der Waals surface area contributed by atoms with E-state index in [1.807, 2.05) is 12.1 Å². The second-order valence-corrected chi connectivity index (χ2v) is 5.94. The number of halogens is 1. The zero-order valence-corrected chi connectivity index (χ0v) is 11.8. The van der Waals surface area contributed by atoms with Gasteiger partial charge in [0.25, 0.3) is 0 Å². The molecule has 2 aromatic rings. The summed E-state index contributed by atoms with van der Waals surface area (Å²) in [5, 5.41) is 4.45. The van der Waals surface area contributed by atoms with Gasteiger partial charge in [-0.1, -0.05) is 41.9 Å². The van der Waals surface area contributed by atoms with E-state index in [0.29, 0.717) is 12.0 Å². The molecular formula is C17H16ClNO. The third-order valence-corrected chi connectivity index (χ3v) is 4.59. The first-order valence-electron chi connectivity index (χ1n) is 7.05. The van der Waals surface area contributed by atoms with E-state index in [4.69, 9.17) is 16.3 Å². The third kappa shape index (κ3) is 1.91. The second kappa shape index (κ2) is 4.80. The van der Waals surface area contributed by atoms with Crippen LogP contribution in [0.2, 0.25) is 5.02 Å². The van der Waals surface area contributed by atoms with Crippen molar-refractivity contribution in [1.29, 1.82) is 0 Å². The van der Waals surface area contributed by atoms with Crippen molar-refractivity contribution in [2.24, 2.45) is 5.92 Å². The van der Waals surface area contributed by atoms with Gasteiger partial charge in [-0.2, -0.15) is 0 Å². The Morgan fingerprint density at radius 1 is 1.10 bits per heavy atom. The Balaban J connectivity index is 1.79. The largest absolute Gasteiger partial charge is 0.378 e. The number of hydrogen-bond donors (Lipinski definition) is 1. The molecule has 2 heterocycles. The van der Waals surface area contributed by atoms with Gasteiger partial charge >= 0.3 is 0 Å². The third-order valence-electron chi connectivity index (χ3n) is 4.36. The van der Waals surface area contributed by atoms with Crippen LogP contribution in [0.1, 0.15) is 29.7 Å². The van der Waals surface area contributed by atoms with Crippen molar-refractivity contribution in [3.8, 4) is 0 Å². The molecule has 0 radical (unpaired) electrons. The lowest BCUT2D eigenvalue weighted by atomic mass is 9.81. The molecule has 2 aliphatic heterocycles. The van der Waals surface area contributed by atoms with Crippen LogP contribution in [0, 0.1) is 5.92 Å². The van der Waals surface area contributed by atoms with Crippen LogP contribution in [-0.2, 0) is 4.74 Å². The number of rotatable bonds is 1. The minimum atomic E-state index is 0.162. The maximum atomic E-state index is 6.14. The quantitative estimate of drug-likeness (QED) is 0.828. The molecule has 2 aliphatic rings. The van der Waals surface area contributed by atoms with Gasteiger partial charge in [-0.3, -0.25) is 0 Å². The van der Waals surface area contributed by atoms with Gasteiger partial charge in [-0.05, 0) is 30.2 Å². The second-order valence-electron chi connectivity index (χ2n) is 5.51. The molecule has 0 aromatic heterocycles. The fourth-order valence-corrected chi connectivity index (χ4v) is 3.61. The molecule has 3 heteroatoms. The predicted octanol–water partition coefficient (Wildman–Crippen LogP) is 4.58. The van der Waals surface area contributed by atoms with Crippen LogP contribution in [-0.4, -0.2) is 6.61 Å². The molecule has 1 fully saturated rings. The van der Waals surface area contributed by atoms with Gasteiger partial charge in [0.2, 0.25) is 0 Å². The van der Waals surface area contributed by atoms with E-state index < -0.39 is 0 Å². The van der Waals surface area contributed by atoms with Crippen molar-refractivity contribution in [3.05, 3.63) is 64.7 Å². The summed E-state index contributed by atoms with van der Waals surface area (Å²) in [7, 11) is 0. The number of nitrogens with one attached hydrogen (secondary N) is 1. The highest BCUT2D eigenvalue weighted by Gasteiger charge is 2.41.